The molecule has 0 bridgehead atoms. The maximum Gasteiger partial charge on any atom is 0.243 e. The zero-order valence-corrected chi connectivity index (χ0v) is 20.7. The van der Waals surface area contributed by atoms with Crippen LogP contribution in [0.25, 0.3) is 11.0 Å². The molecule has 2 aliphatic carbocycles. The molecule has 2 aromatic carbocycles. The third kappa shape index (κ3) is 5.10. The number of nitrogens with zero attached hydrogens (tertiary/aromatic N) is 2. The van der Waals surface area contributed by atoms with E-state index in [1.807, 2.05) is 34.9 Å². The first kappa shape index (κ1) is 24.3. The molecule has 7 heteroatoms. The van der Waals surface area contributed by atoms with Crippen molar-refractivity contribution in [1.29, 1.82) is 0 Å². The number of halogens is 2. The van der Waals surface area contributed by atoms with E-state index in [-0.39, 0.29) is 22.9 Å². The number of aliphatic hydroxyl groups is 1. The lowest BCUT2D eigenvalue weighted by molar-refractivity contribution is -0.127. The number of rotatable bonds is 6. The maximum absolute atomic E-state index is 14.4. The van der Waals surface area contributed by atoms with E-state index in [0.29, 0.717) is 22.4 Å². The molecule has 0 spiro atoms. The number of carbonyl (C=O) groups excluding carboxylic acids is 1. The number of benzene rings is 2. The number of fused-ring (bicyclic) bond motifs is 1. The van der Waals surface area contributed by atoms with Crippen molar-refractivity contribution in [3.05, 3.63) is 64.7 Å². The molecule has 2 aliphatic rings. The Labute approximate surface area is 210 Å². The fourth-order valence-corrected chi connectivity index (χ4v) is 6.06. The molecule has 186 valence electrons. The van der Waals surface area contributed by atoms with E-state index in [1.165, 1.54) is 12.5 Å². The van der Waals surface area contributed by atoms with Gasteiger partial charge in [-0.05, 0) is 43.2 Å². The number of nitrogens with one attached hydrogen (secondary N) is 1. The van der Waals surface area contributed by atoms with Gasteiger partial charge in [0, 0.05) is 12.1 Å². The van der Waals surface area contributed by atoms with Crippen LogP contribution < -0.4 is 5.32 Å². The number of aliphatic hydroxyl groups excluding tert-OH is 1. The molecule has 3 aromatic rings. The van der Waals surface area contributed by atoms with Gasteiger partial charge in [0.05, 0.1) is 16.1 Å². The average molecular weight is 498 g/mol. The van der Waals surface area contributed by atoms with Gasteiger partial charge in [-0.1, -0.05) is 80.5 Å². The summed E-state index contributed by atoms with van der Waals surface area (Å²) < 4.78 is 16.3. The molecule has 1 amide bonds. The van der Waals surface area contributed by atoms with Crippen LogP contribution in [0.15, 0.2) is 42.5 Å². The second-order valence-electron chi connectivity index (χ2n) is 10.1. The third-order valence-electron chi connectivity index (χ3n) is 7.71. The summed E-state index contributed by atoms with van der Waals surface area (Å²) in [5, 5.41) is 14.7. The normalized spacial score (nSPS) is 19.5. The van der Waals surface area contributed by atoms with E-state index in [0.717, 1.165) is 57.8 Å². The molecule has 1 heterocycles. The Morgan fingerprint density at radius 3 is 2.37 bits per heavy atom. The standard InChI is InChI=1S/C28H33ClFN3O2/c29-21-16-24-23(17-22(21)30)32-27(26(34)19-12-6-2-7-13-19)33(24)25(18-10-4-1-5-11-18)28(35)31-20-14-8-3-9-15-20/h2,6-7,12-13,16-18,20,25-26,34H,1,3-5,8-11,14-15H2,(H,31,35). The van der Waals surface area contributed by atoms with E-state index in [9.17, 15) is 14.3 Å². The van der Waals surface area contributed by atoms with Crippen LogP contribution >= 0.6 is 11.6 Å². The van der Waals surface area contributed by atoms with Crippen molar-refractivity contribution in [3.8, 4) is 0 Å². The molecule has 2 atom stereocenters. The van der Waals surface area contributed by atoms with Crippen LogP contribution in [-0.4, -0.2) is 26.6 Å². The van der Waals surface area contributed by atoms with Crippen molar-refractivity contribution < 1.29 is 14.3 Å². The second-order valence-corrected chi connectivity index (χ2v) is 10.5. The number of hydrogen-bond donors (Lipinski definition) is 2. The topological polar surface area (TPSA) is 67.2 Å². The molecule has 35 heavy (non-hydrogen) atoms. The van der Waals surface area contributed by atoms with Gasteiger partial charge in [0.2, 0.25) is 5.91 Å². The second kappa shape index (κ2) is 10.7. The highest BCUT2D eigenvalue weighted by Crippen LogP contribution is 2.39. The Bertz CT molecular complexity index is 1170. The van der Waals surface area contributed by atoms with Gasteiger partial charge < -0.3 is 15.0 Å². The molecule has 5 nitrogen and oxygen atoms in total. The van der Waals surface area contributed by atoms with Crippen LogP contribution in [0.1, 0.15) is 87.7 Å². The van der Waals surface area contributed by atoms with Crippen LogP contribution in [0, 0.1) is 11.7 Å². The minimum Gasteiger partial charge on any atom is -0.380 e. The summed E-state index contributed by atoms with van der Waals surface area (Å²) in [6.45, 7) is 0. The molecular weight excluding hydrogens is 465 g/mol. The van der Waals surface area contributed by atoms with Crippen LogP contribution in [0.5, 0.6) is 0 Å². The number of aromatic nitrogens is 2. The SMILES string of the molecule is O=C(NC1CCCCC1)C(C1CCCCC1)n1c(C(O)c2ccccc2)nc2cc(F)c(Cl)cc21. The fourth-order valence-electron chi connectivity index (χ4n) is 5.90. The zero-order valence-electron chi connectivity index (χ0n) is 19.9. The largest absolute Gasteiger partial charge is 0.380 e. The van der Waals surface area contributed by atoms with Gasteiger partial charge in [-0.25, -0.2) is 9.37 Å². The molecular formula is C28H33ClFN3O2. The summed E-state index contributed by atoms with van der Waals surface area (Å²) in [6, 6.07) is 11.7. The fraction of sp³-hybridized carbons (Fsp3) is 0.500. The van der Waals surface area contributed by atoms with E-state index < -0.39 is 18.0 Å². The first-order valence-corrected chi connectivity index (χ1v) is 13.3. The lowest BCUT2D eigenvalue weighted by Crippen LogP contribution is -2.44. The van der Waals surface area contributed by atoms with Crippen LogP contribution in [-0.2, 0) is 4.79 Å². The molecule has 2 N–H and O–H groups in total. The third-order valence-corrected chi connectivity index (χ3v) is 8.00. The van der Waals surface area contributed by atoms with Crippen molar-refractivity contribution in [2.24, 2.45) is 5.92 Å². The van der Waals surface area contributed by atoms with Crippen LogP contribution in [0.3, 0.4) is 0 Å². The van der Waals surface area contributed by atoms with Crippen LogP contribution in [0.2, 0.25) is 5.02 Å². The first-order chi connectivity index (χ1) is 17.0. The monoisotopic (exact) mass is 497 g/mol. The lowest BCUT2D eigenvalue weighted by atomic mass is 9.82. The van der Waals surface area contributed by atoms with Crippen molar-refractivity contribution in [2.45, 2.75) is 82.4 Å². The maximum atomic E-state index is 14.4. The summed E-state index contributed by atoms with van der Waals surface area (Å²) >= 11 is 6.21. The lowest BCUT2D eigenvalue weighted by Gasteiger charge is -2.34. The molecule has 0 radical (unpaired) electrons. The van der Waals surface area contributed by atoms with E-state index in [2.05, 4.69) is 10.3 Å². The van der Waals surface area contributed by atoms with Gasteiger partial charge in [-0.3, -0.25) is 4.79 Å². The molecule has 0 aliphatic heterocycles. The smallest absolute Gasteiger partial charge is 0.243 e. The van der Waals surface area contributed by atoms with Gasteiger partial charge in [-0.15, -0.1) is 0 Å². The van der Waals surface area contributed by atoms with Gasteiger partial charge >= 0.3 is 0 Å². The number of imidazole rings is 1. The number of hydrogen-bond acceptors (Lipinski definition) is 3. The zero-order chi connectivity index (χ0) is 24.4. The molecule has 1 aromatic heterocycles. The quantitative estimate of drug-likeness (QED) is 0.409. The number of amides is 1. The summed E-state index contributed by atoms with van der Waals surface area (Å²) in [6.07, 6.45) is 9.54. The summed E-state index contributed by atoms with van der Waals surface area (Å²) in [4.78, 5) is 18.6. The minimum atomic E-state index is -1.06. The highest BCUT2D eigenvalue weighted by atomic mass is 35.5. The Balaban J connectivity index is 1.64. The minimum absolute atomic E-state index is 0.0190. The molecule has 0 saturated heterocycles. The van der Waals surface area contributed by atoms with Crippen molar-refractivity contribution in [3.63, 3.8) is 0 Å². The molecule has 2 unspecified atom stereocenters. The van der Waals surface area contributed by atoms with Crippen LogP contribution in [0.4, 0.5) is 4.39 Å². The summed E-state index contributed by atoms with van der Waals surface area (Å²) in [5.74, 6) is -0.145. The Hall–Kier alpha value is -2.44. The predicted molar refractivity (Wildman–Crippen MR) is 136 cm³/mol. The predicted octanol–water partition coefficient (Wildman–Crippen LogP) is 6.48. The molecule has 2 saturated carbocycles. The van der Waals surface area contributed by atoms with Gasteiger partial charge in [0.1, 0.15) is 23.8 Å². The van der Waals surface area contributed by atoms with Crippen molar-refractivity contribution >= 4 is 28.5 Å². The van der Waals surface area contributed by atoms with E-state index >= 15 is 0 Å². The number of carbonyl (C=O) groups is 1. The first-order valence-electron chi connectivity index (χ1n) is 12.9. The van der Waals surface area contributed by atoms with Crippen molar-refractivity contribution in [2.75, 3.05) is 0 Å². The summed E-state index contributed by atoms with van der Waals surface area (Å²) in [5.41, 5.74) is 1.64. The van der Waals surface area contributed by atoms with Gasteiger partial charge in [0.15, 0.2) is 0 Å². The Morgan fingerprint density at radius 2 is 1.69 bits per heavy atom. The van der Waals surface area contributed by atoms with E-state index in [4.69, 9.17) is 11.6 Å². The van der Waals surface area contributed by atoms with E-state index in [1.54, 1.807) is 6.07 Å². The highest BCUT2D eigenvalue weighted by Gasteiger charge is 2.36. The Kier molecular flexibility index (Phi) is 7.40. The van der Waals surface area contributed by atoms with Gasteiger partial charge in [-0.2, -0.15) is 0 Å². The molecule has 2 fully saturated rings. The van der Waals surface area contributed by atoms with Crippen molar-refractivity contribution in [1.82, 2.24) is 14.9 Å². The highest BCUT2D eigenvalue weighted by molar-refractivity contribution is 6.31. The average Bonchev–Trinajstić information content (AvgIpc) is 3.23. The molecule has 5 rings (SSSR count). The Morgan fingerprint density at radius 1 is 1.03 bits per heavy atom. The van der Waals surface area contributed by atoms with Gasteiger partial charge in [0.25, 0.3) is 0 Å². The summed E-state index contributed by atoms with van der Waals surface area (Å²) in [7, 11) is 0.